The van der Waals surface area contributed by atoms with Crippen LogP contribution in [0, 0.1) is 0 Å². The molecule has 0 radical (unpaired) electrons. The van der Waals surface area contributed by atoms with E-state index in [0.717, 1.165) is 11.3 Å². The van der Waals surface area contributed by atoms with Gasteiger partial charge in [0.25, 0.3) is 11.5 Å². The van der Waals surface area contributed by atoms with Crippen LogP contribution in [0.15, 0.2) is 69.6 Å². The smallest absolute Gasteiger partial charge is 0.338 e. The van der Waals surface area contributed by atoms with Crippen LogP contribution in [0.4, 0.5) is 5.69 Å². The Hall–Kier alpha value is -3.98. The van der Waals surface area contributed by atoms with Gasteiger partial charge in [-0.15, -0.1) is 0 Å². The highest BCUT2D eigenvalue weighted by molar-refractivity contribution is 7.07. The molecule has 2 aliphatic heterocycles. The van der Waals surface area contributed by atoms with Crippen molar-refractivity contribution in [2.45, 2.75) is 26.8 Å². The number of carbonyl (C=O) groups excluding carboxylic acids is 2. The first-order valence-electron chi connectivity index (χ1n) is 11.3. The highest BCUT2D eigenvalue weighted by Gasteiger charge is 2.35. The fraction of sp³-hybridized carbons (Fsp3) is 0.231. The fourth-order valence-electron chi connectivity index (χ4n) is 4.41. The van der Waals surface area contributed by atoms with E-state index < -0.39 is 12.0 Å². The predicted octanol–water partition coefficient (Wildman–Crippen LogP) is 2.52. The molecule has 0 saturated carbocycles. The molecule has 1 atom stereocenters. The standard InChI is InChI=1S/C26H23N3O5S/c1-4-33-16-12-10-15(11-13-16)21-19(25(32)34-5-2)14(3)27-26-29(21)24(31)22(35-26)20-17-8-6-7-9-18(17)28-23(20)30/h6-13,21H,4-5H2,1-3H3,(H,28,30)/b22-20+/t21-/m1/s1. The van der Waals surface area contributed by atoms with Crippen LogP contribution in [-0.2, 0) is 14.3 Å². The number of allylic oxidation sites excluding steroid dienone is 1. The number of amides is 1. The molecular weight excluding hydrogens is 466 g/mol. The number of benzene rings is 2. The largest absolute Gasteiger partial charge is 0.494 e. The minimum absolute atomic E-state index is 0.192. The summed E-state index contributed by atoms with van der Waals surface area (Å²) in [7, 11) is 0. The lowest BCUT2D eigenvalue weighted by Gasteiger charge is -2.24. The molecule has 2 aliphatic rings. The van der Waals surface area contributed by atoms with E-state index in [2.05, 4.69) is 10.3 Å². The molecule has 8 nitrogen and oxygen atoms in total. The number of anilines is 1. The molecule has 0 spiro atoms. The number of esters is 1. The summed E-state index contributed by atoms with van der Waals surface area (Å²) in [5.74, 6) is -0.187. The number of thiazole rings is 1. The summed E-state index contributed by atoms with van der Waals surface area (Å²) in [6, 6.07) is 13.7. The molecule has 35 heavy (non-hydrogen) atoms. The number of ether oxygens (including phenoxy) is 2. The average molecular weight is 490 g/mol. The zero-order chi connectivity index (χ0) is 24.7. The molecule has 2 aromatic carbocycles. The minimum atomic E-state index is -0.755. The second-order valence-electron chi connectivity index (χ2n) is 8.00. The van der Waals surface area contributed by atoms with Gasteiger partial charge in [-0.3, -0.25) is 14.2 Å². The van der Waals surface area contributed by atoms with Crippen LogP contribution in [0.3, 0.4) is 0 Å². The quantitative estimate of drug-likeness (QED) is 0.556. The number of carbonyl (C=O) groups is 2. The molecule has 5 rings (SSSR count). The Morgan fingerprint density at radius 3 is 2.54 bits per heavy atom. The Kier molecular flexibility index (Phi) is 5.86. The first-order valence-corrected chi connectivity index (χ1v) is 12.1. The van der Waals surface area contributed by atoms with Gasteiger partial charge in [-0.25, -0.2) is 9.79 Å². The molecule has 178 valence electrons. The molecule has 1 N–H and O–H groups in total. The lowest BCUT2D eigenvalue weighted by atomic mass is 9.96. The van der Waals surface area contributed by atoms with Crippen LogP contribution in [0.25, 0.3) is 5.57 Å². The summed E-state index contributed by atoms with van der Waals surface area (Å²) in [6.45, 7) is 6.07. The Morgan fingerprint density at radius 1 is 1.09 bits per heavy atom. The Bertz CT molecular complexity index is 1560. The molecule has 0 fully saturated rings. The average Bonchev–Trinajstić information content (AvgIpc) is 3.34. The van der Waals surface area contributed by atoms with Gasteiger partial charge in [-0.05, 0) is 44.5 Å². The molecule has 0 unspecified atom stereocenters. The van der Waals surface area contributed by atoms with E-state index >= 15 is 0 Å². The molecule has 0 bridgehead atoms. The second kappa shape index (κ2) is 8.99. The summed E-state index contributed by atoms with van der Waals surface area (Å²) in [5.41, 5.74) is 2.72. The van der Waals surface area contributed by atoms with Gasteiger partial charge >= 0.3 is 5.97 Å². The van der Waals surface area contributed by atoms with Crippen molar-refractivity contribution in [2.24, 2.45) is 4.99 Å². The second-order valence-corrected chi connectivity index (χ2v) is 8.98. The zero-order valence-electron chi connectivity index (χ0n) is 19.5. The van der Waals surface area contributed by atoms with Gasteiger partial charge < -0.3 is 14.8 Å². The fourth-order valence-corrected chi connectivity index (χ4v) is 5.56. The SMILES string of the molecule is CCOC(=O)C1=C(C)N=c2s/c(=C3/C(=O)Nc4ccccc43)c(=O)n2[C@@H]1c1ccc(OCC)cc1. The van der Waals surface area contributed by atoms with Gasteiger partial charge in [0.05, 0.1) is 36.1 Å². The molecule has 1 amide bonds. The summed E-state index contributed by atoms with van der Waals surface area (Å²) in [5, 5.41) is 2.82. The highest BCUT2D eigenvalue weighted by Crippen LogP contribution is 2.33. The lowest BCUT2D eigenvalue weighted by Crippen LogP contribution is -2.40. The van der Waals surface area contributed by atoms with Crippen LogP contribution in [-0.4, -0.2) is 29.7 Å². The van der Waals surface area contributed by atoms with Crippen LogP contribution in [0.2, 0.25) is 0 Å². The number of nitrogens with zero attached hydrogens (tertiary/aromatic N) is 2. The Balaban J connectivity index is 1.77. The van der Waals surface area contributed by atoms with Crippen molar-refractivity contribution in [3.05, 3.63) is 90.6 Å². The summed E-state index contributed by atoms with van der Waals surface area (Å²) in [6.07, 6.45) is 0. The molecule has 9 heteroatoms. The third-order valence-electron chi connectivity index (χ3n) is 5.90. The maximum Gasteiger partial charge on any atom is 0.338 e. The van der Waals surface area contributed by atoms with Gasteiger partial charge in [0.15, 0.2) is 4.80 Å². The summed E-state index contributed by atoms with van der Waals surface area (Å²) < 4.78 is 12.6. The van der Waals surface area contributed by atoms with Gasteiger partial charge in [-0.2, -0.15) is 0 Å². The monoisotopic (exact) mass is 489 g/mol. The van der Waals surface area contributed by atoms with E-state index in [1.54, 1.807) is 38.1 Å². The van der Waals surface area contributed by atoms with Gasteiger partial charge in [0, 0.05) is 11.3 Å². The third-order valence-corrected chi connectivity index (χ3v) is 6.95. The summed E-state index contributed by atoms with van der Waals surface area (Å²) in [4.78, 5) is 44.7. The van der Waals surface area contributed by atoms with Crippen molar-refractivity contribution in [3.8, 4) is 5.75 Å². The topological polar surface area (TPSA) is 99.0 Å². The van der Waals surface area contributed by atoms with E-state index in [0.29, 0.717) is 45.2 Å². The van der Waals surface area contributed by atoms with Gasteiger partial charge in [-0.1, -0.05) is 41.7 Å². The molecule has 0 saturated heterocycles. The lowest BCUT2D eigenvalue weighted by molar-refractivity contribution is -0.139. The van der Waals surface area contributed by atoms with Crippen molar-refractivity contribution >= 4 is 34.5 Å². The summed E-state index contributed by atoms with van der Waals surface area (Å²) >= 11 is 1.14. The molecule has 1 aromatic heterocycles. The maximum absolute atomic E-state index is 13.9. The van der Waals surface area contributed by atoms with Crippen LogP contribution < -0.4 is 24.9 Å². The van der Waals surface area contributed by atoms with Crippen molar-refractivity contribution in [3.63, 3.8) is 0 Å². The van der Waals surface area contributed by atoms with E-state index in [1.165, 1.54) is 4.57 Å². The van der Waals surface area contributed by atoms with E-state index in [9.17, 15) is 14.4 Å². The van der Waals surface area contributed by atoms with Gasteiger partial charge in [0.2, 0.25) is 0 Å². The zero-order valence-corrected chi connectivity index (χ0v) is 20.3. The number of hydrogen-bond acceptors (Lipinski definition) is 7. The van der Waals surface area contributed by atoms with Gasteiger partial charge in [0.1, 0.15) is 10.3 Å². The maximum atomic E-state index is 13.9. The normalized spacial score (nSPS) is 17.9. The third kappa shape index (κ3) is 3.77. The number of aromatic nitrogens is 1. The van der Waals surface area contributed by atoms with E-state index in [1.807, 2.05) is 31.2 Å². The number of para-hydroxylation sites is 1. The van der Waals surface area contributed by atoms with Crippen molar-refractivity contribution < 1.29 is 19.1 Å². The van der Waals surface area contributed by atoms with Crippen molar-refractivity contribution in [2.75, 3.05) is 18.5 Å². The predicted molar refractivity (Wildman–Crippen MR) is 132 cm³/mol. The number of nitrogens with one attached hydrogen (secondary N) is 1. The molecular formula is C26H23N3O5S. The minimum Gasteiger partial charge on any atom is -0.494 e. The Labute approximate surface area is 204 Å². The van der Waals surface area contributed by atoms with Crippen LogP contribution in [0.5, 0.6) is 5.75 Å². The first-order chi connectivity index (χ1) is 16.9. The Morgan fingerprint density at radius 2 is 1.83 bits per heavy atom. The molecule has 3 heterocycles. The van der Waals surface area contributed by atoms with E-state index in [-0.39, 0.29) is 28.2 Å². The van der Waals surface area contributed by atoms with Crippen molar-refractivity contribution in [1.29, 1.82) is 0 Å². The van der Waals surface area contributed by atoms with E-state index in [4.69, 9.17) is 9.47 Å². The van der Waals surface area contributed by atoms with Crippen molar-refractivity contribution in [1.82, 2.24) is 4.57 Å². The highest BCUT2D eigenvalue weighted by atomic mass is 32.1. The number of rotatable bonds is 5. The number of fused-ring (bicyclic) bond motifs is 2. The number of hydrogen-bond donors (Lipinski definition) is 1. The first kappa shape index (κ1) is 22.8. The molecule has 3 aromatic rings. The van der Waals surface area contributed by atoms with Crippen LogP contribution >= 0.6 is 11.3 Å². The van der Waals surface area contributed by atoms with Crippen LogP contribution in [0.1, 0.15) is 37.9 Å². The molecule has 0 aliphatic carbocycles.